The van der Waals surface area contributed by atoms with Gasteiger partial charge in [-0.1, -0.05) is 41.4 Å². The number of pyridine rings is 1. The number of nitrogens with zero attached hydrogens (tertiary/aromatic N) is 2. The molecule has 0 saturated heterocycles. The number of aryl methyl sites for hydroxylation is 2. The molecule has 0 spiro atoms. The predicted molar refractivity (Wildman–Crippen MR) is 102 cm³/mol. The molecule has 2 heterocycles. The lowest BCUT2D eigenvalue weighted by Gasteiger charge is -2.40. The number of hydrogen-bond acceptors (Lipinski definition) is 5. The van der Waals surface area contributed by atoms with Gasteiger partial charge < -0.3 is 14.9 Å². The smallest absolute Gasteiger partial charge is 0.259 e. The van der Waals surface area contributed by atoms with Crippen molar-refractivity contribution < 1.29 is 14.4 Å². The Labute approximate surface area is 157 Å². The summed E-state index contributed by atoms with van der Waals surface area (Å²) in [6.45, 7) is 4.39. The van der Waals surface area contributed by atoms with E-state index < -0.39 is 0 Å². The quantitative estimate of drug-likeness (QED) is 0.723. The van der Waals surface area contributed by atoms with E-state index in [-0.39, 0.29) is 17.9 Å². The highest BCUT2D eigenvalue weighted by atomic mass is 16.5. The Hall–Kier alpha value is -2.73. The van der Waals surface area contributed by atoms with Crippen LogP contribution in [0.3, 0.4) is 0 Å². The maximum atomic E-state index is 13.0. The van der Waals surface area contributed by atoms with Gasteiger partial charge >= 0.3 is 0 Å². The number of amides is 1. The summed E-state index contributed by atoms with van der Waals surface area (Å²) in [5, 5.41) is 17.2. The summed E-state index contributed by atoms with van der Waals surface area (Å²) >= 11 is 0. The molecule has 2 N–H and O–H groups in total. The number of rotatable bonds is 5. The Morgan fingerprint density at radius 1 is 1.26 bits per heavy atom. The number of aliphatic hydroxyl groups is 1. The number of carbonyl (C=O) groups is 1. The molecular weight excluding hydrogens is 342 g/mol. The van der Waals surface area contributed by atoms with Crippen molar-refractivity contribution in [2.24, 2.45) is 5.41 Å². The van der Waals surface area contributed by atoms with Gasteiger partial charge in [0, 0.05) is 17.5 Å². The van der Waals surface area contributed by atoms with Crippen molar-refractivity contribution in [2.45, 2.75) is 33.1 Å². The summed E-state index contributed by atoms with van der Waals surface area (Å²) in [7, 11) is 0. The van der Waals surface area contributed by atoms with Crippen LogP contribution in [-0.2, 0) is 0 Å². The Morgan fingerprint density at radius 2 is 2.00 bits per heavy atom. The van der Waals surface area contributed by atoms with Crippen LogP contribution in [0.25, 0.3) is 22.4 Å². The van der Waals surface area contributed by atoms with E-state index in [9.17, 15) is 9.90 Å². The number of aromatic nitrogens is 2. The number of carbonyl (C=O) groups excluding carboxylic acids is 1. The van der Waals surface area contributed by atoms with Crippen molar-refractivity contribution in [1.82, 2.24) is 15.5 Å². The van der Waals surface area contributed by atoms with Crippen molar-refractivity contribution >= 4 is 17.0 Å². The lowest BCUT2D eigenvalue weighted by Crippen LogP contribution is -2.44. The Bertz CT molecular complexity index is 982. The van der Waals surface area contributed by atoms with Crippen LogP contribution in [0.1, 0.15) is 40.9 Å². The van der Waals surface area contributed by atoms with Gasteiger partial charge in [-0.15, -0.1) is 0 Å². The lowest BCUT2D eigenvalue weighted by atomic mass is 9.69. The van der Waals surface area contributed by atoms with Crippen LogP contribution in [0.4, 0.5) is 0 Å². The van der Waals surface area contributed by atoms with Crippen LogP contribution in [0.5, 0.6) is 0 Å². The first-order chi connectivity index (χ1) is 13.0. The standard InChI is InChI=1S/C21H23N3O3/c1-13-4-6-15(7-5-13)17-10-16(18-14(2)24-27-20(18)23-17)19(26)22-11-21(12-25)8-3-9-21/h4-7,10,25H,3,8-9,11-12H2,1-2H3,(H,22,26). The van der Waals surface area contributed by atoms with E-state index in [1.165, 1.54) is 0 Å². The van der Waals surface area contributed by atoms with Gasteiger partial charge in [0.25, 0.3) is 11.6 Å². The van der Waals surface area contributed by atoms with Crippen molar-refractivity contribution in [3.05, 3.63) is 47.2 Å². The summed E-state index contributed by atoms with van der Waals surface area (Å²) in [6.07, 6.45) is 2.98. The maximum absolute atomic E-state index is 13.0. The van der Waals surface area contributed by atoms with Gasteiger partial charge in [-0.05, 0) is 32.8 Å². The zero-order valence-corrected chi connectivity index (χ0v) is 15.6. The van der Waals surface area contributed by atoms with Crippen LogP contribution >= 0.6 is 0 Å². The van der Waals surface area contributed by atoms with E-state index in [2.05, 4.69) is 15.5 Å². The highest BCUT2D eigenvalue weighted by Gasteiger charge is 2.36. The molecule has 2 aromatic heterocycles. The van der Waals surface area contributed by atoms with E-state index in [0.29, 0.717) is 34.6 Å². The zero-order valence-electron chi connectivity index (χ0n) is 15.6. The summed E-state index contributed by atoms with van der Waals surface area (Å²) in [5.41, 5.74) is 4.06. The van der Waals surface area contributed by atoms with E-state index >= 15 is 0 Å². The van der Waals surface area contributed by atoms with Crippen LogP contribution < -0.4 is 5.32 Å². The van der Waals surface area contributed by atoms with Crippen molar-refractivity contribution in [3.8, 4) is 11.3 Å². The van der Waals surface area contributed by atoms with Crippen molar-refractivity contribution in [2.75, 3.05) is 13.2 Å². The fourth-order valence-electron chi connectivity index (χ4n) is 3.58. The average Bonchev–Trinajstić information content (AvgIpc) is 3.02. The second kappa shape index (κ2) is 6.78. The molecule has 1 aliphatic rings. The number of aliphatic hydroxyl groups excluding tert-OH is 1. The number of nitrogens with one attached hydrogen (secondary N) is 1. The largest absolute Gasteiger partial charge is 0.396 e. The van der Waals surface area contributed by atoms with Crippen LogP contribution in [0.2, 0.25) is 0 Å². The molecule has 6 nitrogen and oxygen atoms in total. The summed E-state index contributed by atoms with van der Waals surface area (Å²) in [6, 6.07) is 9.76. The molecule has 0 atom stereocenters. The SMILES string of the molecule is Cc1ccc(-c2cc(C(=O)NCC3(CO)CCC3)c3c(C)noc3n2)cc1. The number of benzene rings is 1. The molecule has 1 aliphatic carbocycles. The highest BCUT2D eigenvalue weighted by molar-refractivity contribution is 6.07. The molecule has 1 aromatic carbocycles. The monoisotopic (exact) mass is 365 g/mol. The predicted octanol–water partition coefficient (Wildman–Crippen LogP) is 3.40. The first kappa shape index (κ1) is 17.7. The van der Waals surface area contributed by atoms with Gasteiger partial charge in [-0.3, -0.25) is 4.79 Å². The molecule has 6 heteroatoms. The van der Waals surface area contributed by atoms with E-state index in [0.717, 1.165) is 30.4 Å². The molecule has 0 unspecified atom stereocenters. The molecule has 0 radical (unpaired) electrons. The van der Waals surface area contributed by atoms with Gasteiger partial charge in [0.2, 0.25) is 0 Å². The molecule has 1 amide bonds. The molecule has 140 valence electrons. The second-order valence-electron chi connectivity index (χ2n) is 7.56. The van der Waals surface area contributed by atoms with E-state index in [4.69, 9.17) is 4.52 Å². The summed E-state index contributed by atoms with van der Waals surface area (Å²) in [4.78, 5) is 17.5. The third-order valence-electron chi connectivity index (χ3n) is 5.58. The maximum Gasteiger partial charge on any atom is 0.259 e. The molecule has 1 saturated carbocycles. The molecule has 0 aliphatic heterocycles. The van der Waals surface area contributed by atoms with Crippen molar-refractivity contribution in [3.63, 3.8) is 0 Å². The minimum atomic E-state index is -0.193. The van der Waals surface area contributed by atoms with Crippen LogP contribution in [0, 0.1) is 19.3 Å². The minimum Gasteiger partial charge on any atom is -0.396 e. The van der Waals surface area contributed by atoms with Gasteiger partial charge in [0.05, 0.1) is 28.9 Å². The first-order valence-electron chi connectivity index (χ1n) is 9.24. The molecule has 3 aromatic rings. The van der Waals surface area contributed by atoms with E-state index in [1.807, 2.05) is 31.2 Å². The fourth-order valence-corrected chi connectivity index (χ4v) is 3.58. The molecule has 4 rings (SSSR count). The lowest BCUT2D eigenvalue weighted by molar-refractivity contribution is 0.0429. The van der Waals surface area contributed by atoms with Crippen LogP contribution in [-0.4, -0.2) is 34.3 Å². The number of fused-ring (bicyclic) bond motifs is 1. The Morgan fingerprint density at radius 3 is 2.63 bits per heavy atom. The third kappa shape index (κ3) is 3.21. The molecule has 1 fully saturated rings. The minimum absolute atomic E-state index is 0.0972. The van der Waals surface area contributed by atoms with Gasteiger partial charge in [-0.2, -0.15) is 0 Å². The molecular formula is C21H23N3O3. The summed E-state index contributed by atoms with van der Waals surface area (Å²) < 4.78 is 5.34. The van der Waals surface area contributed by atoms with Gasteiger partial charge in [-0.25, -0.2) is 4.98 Å². The van der Waals surface area contributed by atoms with Crippen LogP contribution in [0.15, 0.2) is 34.9 Å². The first-order valence-corrected chi connectivity index (χ1v) is 9.24. The van der Waals surface area contributed by atoms with E-state index in [1.54, 1.807) is 13.0 Å². The van der Waals surface area contributed by atoms with Gasteiger partial charge in [0.1, 0.15) is 0 Å². The summed E-state index contributed by atoms with van der Waals surface area (Å²) in [5.74, 6) is -0.193. The normalized spacial score (nSPS) is 15.5. The van der Waals surface area contributed by atoms with Crippen molar-refractivity contribution in [1.29, 1.82) is 0 Å². The second-order valence-corrected chi connectivity index (χ2v) is 7.56. The van der Waals surface area contributed by atoms with Gasteiger partial charge in [0.15, 0.2) is 0 Å². The Balaban J connectivity index is 1.70. The fraction of sp³-hybridized carbons (Fsp3) is 0.381. The zero-order chi connectivity index (χ0) is 19.0. The highest BCUT2D eigenvalue weighted by Crippen LogP contribution is 2.39. The average molecular weight is 365 g/mol. The third-order valence-corrected chi connectivity index (χ3v) is 5.58. The topological polar surface area (TPSA) is 88.2 Å². The molecule has 27 heavy (non-hydrogen) atoms. The number of hydrogen-bond donors (Lipinski definition) is 2. The Kier molecular flexibility index (Phi) is 4.44. The molecule has 0 bridgehead atoms.